The number of carbonyl (C=O) groups is 1. The lowest BCUT2D eigenvalue weighted by Gasteiger charge is -2.07. The van der Waals surface area contributed by atoms with E-state index in [1.807, 2.05) is 36.4 Å². The van der Waals surface area contributed by atoms with Crippen molar-refractivity contribution in [3.8, 4) is 23.0 Å². The van der Waals surface area contributed by atoms with Gasteiger partial charge in [0.25, 0.3) is 0 Å². The maximum Gasteiger partial charge on any atom is 0.331 e. The maximum atomic E-state index is 12.0. The van der Waals surface area contributed by atoms with E-state index >= 15 is 0 Å². The van der Waals surface area contributed by atoms with E-state index in [0.717, 1.165) is 16.5 Å². The van der Waals surface area contributed by atoms with Gasteiger partial charge < -0.3 is 23.2 Å². The molecule has 7 nitrogen and oxygen atoms in total. The van der Waals surface area contributed by atoms with Crippen LogP contribution in [0.25, 0.3) is 28.6 Å². The molecule has 0 radical (unpaired) electrons. The third kappa shape index (κ3) is 4.20. The Morgan fingerprint density at radius 2 is 1.83 bits per heavy atom. The van der Waals surface area contributed by atoms with Gasteiger partial charge in [-0.2, -0.15) is 0 Å². The van der Waals surface area contributed by atoms with Crippen LogP contribution in [0.2, 0.25) is 0 Å². The molecule has 0 aliphatic heterocycles. The summed E-state index contributed by atoms with van der Waals surface area (Å²) < 4.78 is 26.7. The fourth-order valence-electron chi connectivity index (χ4n) is 2.91. The zero-order chi connectivity index (χ0) is 20.9. The number of ether oxygens (including phenoxy) is 3. The average molecular weight is 405 g/mol. The largest absolute Gasteiger partial charge is 0.493 e. The molecule has 7 heteroatoms. The van der Waals surface area contributed by atoms with E-state index in [0.29, 0.717) is 28.7 Å². The summed E-state index contributed by atoms with van der Waals surface area (Å²) >= 11 is 0. The number of hydrogen-bond donors (Lipinski definition) is 0. The summed E-state index contributed by atoms with van der Waals surface area (Å²) in [5.41, 5.74) is 2.02. The molecule has 0 aliphatic carbocycles. The second-order valence-corrected chi connectivity index (χ2v) is 6.39. The van der Waals surface area contributed by atoms with E-state index in [2.05, 4.69) is 5.16 Å². The van der Waals surface area contributed by atoms with Crippen LogP contribution in [0.15, 0.2) is 69.6 Å². The lowest BCUT2D eigenvalue weighted by atomic mass is 10.2. The van der Waals surface area contributed by atoms with Crippen LogP contribution in [-0.2, 0) is 16.1 Å². The highest BCUT2D eigenvalue weighted by Gasteiger charge is 2.13. The van der Waals surface area contributed by atoms with E-state index in [1.54, 1.807) is 38.5 Å². The highest BCUT2D eigenvalue weighted by molar-refractivity contribution is 5.87. The fourth-order valence-corrected chi connectivity index (χ4v) is 2.91. The lowest BCUT2D eigenvalue weighted by Crippen LogP contribution is -2.00. The Morgan fingerprint density at radius 1 is 1.00 bits per heavy atom. The molecule has 0 fully saturated rings. The first-order valence-electron chi connectivity index (χ1n) is 9.17. The normalized spacial score (nSPS) is 11.1. The lowest BCUT2D eigenvalue weighted by molar-refractivity contribution is -0.139. The van der Waals surface area contributed by atoms with Crippen LogP contribution in [-0.4, -0.2) is 25.3 Å². The Kier molecular flexibility index (Phi) is 5.52. The minimum Gasteiger partial charge on any atom is -0.493 e. The summed E-state index contributed by atoms with van der Waals surface area (Å²) in [6.45, 7) is -0.0150. The molecule has 30 heavy (non-hydrogen) atoms. The zero-order valence-electron chi connectivity index (χ0n) is 16.5. The number of carbonyl (C=O) groups excluding carboxylic acids is 1. The minimum atomic E-state index is -0.502. The van der Waals surface area contributed by atoms with Gasteiger partial charge in [-0.3, -0.25) is 0 Å². The first-order chi connectivity index (χ1) is 14.7. The number of esters is 1. The van der Waals surface area contributed by atoms with Crippen molar-refractivity contribution in [3.05, 3.63) is 71.9 Å². The molecule has 2 heterocycles. The quantitative estimate of drug-likeness (QED) is 0.321. The number of fused-ring (bicyclic) bond motifs is 1. The molecule has 0 spiro atoms. The van der Waals surface area contributed by atoms with Gasteiger partial charge in [-0.1, -0.05) is 29.4 Å². The molecule has 2 aromatic heterocycles. The Labute approximate surface area is 172 Å². The number of aromatic nitrogens is 1. The molecule has 152 valence electrons. The summed E-state index contributed by atoms with van der Waals surface area (Å²) in [6, 6.07) is 16.6. The smallest absolute Gasteiger partial charge is 0.331 e. The van der Waals surface area contributed by atoms with E-state index in [9.17, 15) is 4.79 Å². The monoisotopic (exact) mass is 405 g/mol. The van der Waals surface area contributed by atoms with Crippen molar-refractivity contribution in [2.45, 2.75) is 6.61 Å². The van der Waals surface area contributed by atoms with Crippen LogP contribution in [0.4, 0.5) is 0 Å². The number of rotatable bonds is 7. The predicted molar refractivity (Wildman–Crippen MR) is 110 cm³/mol. The van der Waals surface area contributed by atoms with E-state index in [-0.39, 0.29) is 6.61 Å². The van der Waals surface area contributed by atoms with Gasteiger partial charge >= 0.3 is 5.97 Å². The van der Waals surface area contributed by atoms with Crippen molar-refractivity contribution in [2.24, 2.45) is 0 Å². The molecule has 0 N–H and O–H groups in total. The van der Waals surface area contributed by atoms with Gasteiger partial charge in [-0.05, 0) is 35.9 Å². The van der Waals surface area contributed by atoms with Crippen LogP contribution in [0.5, 0.6) is 11.5 Å². The molecule has 0 unspecified atom stereocenters. The van der Waals surface area contributed by atoms with Crippen LogP contribution >= 0.6 is 0 Å². The molecule has 4 aromatic rings. The van der Waals surface area contributed by atoms with Crippen LogP contribution in [0.3, 0.4) is 0 Å². The first kappa shape index (κ1) is 19.3. The zero-order valence-corrected chi connectivity index (χ0v) is 16.5. The van der Waals surface area contributed by atoms with Gasteiger partial charge in [0, 0.05) is 17.5 Å². The van der Waals surface area contributed by atoms with Crippen LogP contribution in [0.1, 0.15) is 11.3 Å². The Hall–Kier alpha value is -4.00. The topological polar surface area (TPSA) is 83.9 Å². The highest BCUT2D eigenvalue weighted by Crippen LogP contribution is 2.29. The standard InChI is InChI=1S/C23H19NO6/c1-26-19-9-7-15(11-20(19)27-2)8-10-23(25)28-14-17-13-22(30-24-17)21-12-16-5-3-4-6-18(16)29-21/h3-13H,14H2,1-2H3/b10-8-. The van der Waals surface area contributed by atoms with E-state index in [4.69, 9.17) is 23.2 Å². The Morgan fingerprint density at radius 3 is 2.63 bits per heavy atom. The van der Waals surface area contributed by atoms with E-state index < -0.39 is 5.97 Å². The van der Waals surface area contributed by atoms with Gasteiger partial charge in [-0.15, -0.1) is 0 Å². The van der Waals surface area contributed by atoms with Gasteiger partial charge in [0.2, 0.25) is 5.76 Å². The number of nitrogens with zero attached hydrogens (tertiary/aromatic N) is 1. The summed E-state index contributed by atoms with van der Waals surface area (Å²) in [4.78, 5) is 12.0. The maximum absolute atomic E-state index is 12.0. The molecule has 0 saturated heterocycles. The summed E-state index contributed by atoms with van der Waals surface area (Å²) in [5, 5.41) is 4.90. The predicted octanol–water partition coefficient (Wildman–Crippen LogP) is 4.86. The molecule has 2 aromatic carbocycles. The van der Waals surface area contributed by atoms with Gasteiger partial charge in [-0.25, -0.2) is 4.79 Å². The summed E-state index contributed by atoms with van der Waals surface area (Å²) in [5.74, 6) is 1.73. The average Bonchev–Trinajstić information content (AvgIpc) is 3.42. The minimum absolute atomic E-state index is 0.0150. The fraction of sp³-hybridized carbons (Fsp3) is 0.130. The number of methoxy groups -OCH3 is 2. The first-order valence-corrected chi connectivity index (χ1v) is 9.17. The second kappa shape index (κ2) is 8.57. The molecule has 0 aliphatic rings. The van der Waals surface area contributed by atoms with Gasteiger partial charge in [0.05, 0.1) is 14.2 Å². The van der Waals surface area contributed by atoms with Crippen molar-refractivity contribution in [1.29, 1.82) is 0 Å². The van der Waals surface area contributed by atoms with Crippen LogP contribution in [0, 0.1) is 0 Å². The van der Waals surface area contributed by atoms with E-state index in [1.165, 1.54) is 6.08 Å². The van der Waals surface area contributed by atoms with Gasteiger partial charge in [0.15, 0.2) is 17.3 Å². The number of para-hydroxylation sites is 1. The Balaban J connectivity index is 1.37. The SMILES string of the molecule is COc1ccc(/C=C\C(=O)OCc2cc(-c3cc4ccccc4o3)on2)cc1OC. The number of furan rings is 1. The number of benzene rings is 2. The van der Waals surface area contributed by atoms with Crippen molar-refractivity contribution in [1.82, 2.24) is 5.16 Å². The van der Waals surface area contributed by atoms with Crippen molar-refractivity contribution >= 4 is 23.0 Å². The third-order valence-corrected chi connectivity index (χ3v) is 4.41. The number of hydrogen-bond acceptors (Lipinski definition) is 7. The summed E-state index contributed by atoms with van der Waals surface area (Å²) in [6.07, 6.45) is 2.97. The second-order valence-electron chi connectivity index (χ2n) is 6.39. The molecule has 4 rings (SSSR count). The molecular formula is C23H19NO6. The molecule has 0 saturated carbocycles. The highest BCUT2D eigenvalue weighted by atomic mass is 16.5. The molecule has 0 bridgehead atoms. The molecule has 0 atom stereocenters. The van der Waals surface area contributed by atoms with Crippen LogP contribution < -0.4 is 9.47 Å². The molecule has 0 amide bonds. The van der Waals surface area contributed by atoms with Gasteiger partial charge in [0.1, 0.15) is 17.9 Å². The third-order valence-electron chi connectivity index (χ3n) is 4.41. The molecular weight excluding hydrogens is 386 g/mol. The Bertz CT molecular complexity index is 1170. The van der Waals surface area contributed by atoms with Crippen molar-refractivity contribution in [3.63, 3.8) is 0 Å². The van der Waals surface area contributed by atoms with Crippen molar-refractivity contribution in [2.75, 3.05) is 14.2 Å². The van der Waals surface area contributed by atoms with Crippen molar-refractivity contribution < 1.29 is 27.9 Å². The summed E-state index contributed by atoms with van der Waals surface area (Å²) in [7, 11) is 3.12.